The first kappa shape index (κ1) is 16.0. The van der Waals surface area contributed by atoms with Crippen molar-refractivity contribution in [3.8, 4) is 5.75 Å². The quantitative estimate of drug-likeness (QED) is 0.728. The van der Waals surface area contributed by atoms with E-state index in [4.69, 9.17) is 0 Å². The lowest BCUT2D eigenvalue weighted by Gasteiger charge is -2.51. The minimum atomic E-state index is 0.123. The van der Waals surface area contributed by atoms with Gasteiger partial charge in [-0.2, -0.15) is 0 Å². The van der Waals surface area contributed by atoms with Crippen molar-refractivity contribution in [3.63, 3.8) is 0 Å². The molecule has 1 aliphatic carbocycles. The molecule has 1 aliphatic heterocycles. The third-order valence-corrected chi connectivity index (χ3v) is 6.85. The van der Waals surface area contributed by atoms with Gasteiger partial charge in [0, 0.05) is 28.6 Å². The molecule has 2 heterocycles. The Labute approximate surface area is 154 Å². The number of fused-ring (bicyclic) bond motifs is 4. The van der Waals surface area contributed by atoms with Gasteiger partial charge in [-0.25, -0.2) is 0 Å². The first-order valence-corrected chi connectivity index (χ1v) is 9.80. The Morgan fingerprint density at radius 1 is 1.19 bits per heavy atom. The van der Waals surface area contributed by atoms with Crippen LogP contribution in [0.3, 0.4) is 0 Å². The normalized spacial score (nSPS) is 25.8. The molecule has 5 rings (SSSR count). The zero-order valence-electron chi connectivity index (χ0n) is 15.3. The number of nitrogens with zero attached hydrogens (tertiary/aromatic N) is 1. The van der Waals surface area contributed by atoms with Gasteiger partial charge in [-0.3, -0.25) is 0 Å². The number of piperidine rings is 1. The van der Waals surface area contributed by atoms with Gasteiger partial charge < -0.3 is 15.0 Å². The topological polar surface area (TPSA) is 39.3 Å². The van der Waals surface area contributed by atoms with E-state index >= 15 is 0 Å². The molecule has 3 nitrogen and oxygen atoms in total. The van der Waals surface area contributed by atoms with Crippen LogP contribution in [0.25, 0.3) is 10.9 Å². The van der Waals surface area contributed by atoms with Gasteiger partial charge in [-0.05, 0) is 67.6 Å². The number of phenolic OH excluding ortho intramolecular Hbond substituents is 1. The fourth-order valence-electron chi connectivity index (χ4n) is 5.42. The van der Waals surface area contributed by atoms with Gasteiger partial charge in [-0.15, -0.1) is 0 Å². The number of aromatic amines is 1. The SMILES string of the molecule is CCN1CC[C@@]2(c3cccc(O)c3)Cc3[nH]c4ccccc4c3C[C@@H]2C1. The van der Waals surface area contributed by atoms with Crippen molar-refractivity contribution in [3.05, 3.63) is 65.4 Å². The maximum Gasteiger partial charge on any atom is 0.115 e. The average Bonchev–Trinajstić information content (AvgIpc) is 3.02. The standard InChI is InChI=1S/C23H26N2O/c1-2-25-11-10-23(16-6-5-7-18(26)12-16)14-22-20(13-17(23)15-25)19-8-3-4-9-21(19)24-22/h3-9,12,17,24,26H,2,10-11,13-15H2,1H3/t17-,23+/m1/s1. The molecule has 26 heavy (non-hydrogen) atoms. The smallest absolute Gasteiger partial charge is 0.115 e. The fraction of sp³-hybridized carbons (Fsp3) is 0.391. The number of rotatable bonds is 2. The van der Waals surface area contributed by atoms with Gasteiger partial charge in [0.25, 0.3) is 0 Å². The molecule has 0 radical (unpaired) electrons. The Hall–Kier alpha value is -2.26. The van der Waals surface area contributed by atoms with Crippen molar-refractivity contribution in [1.82, 2.24) is 9.88 Å². The molecule has 1 aromatic heterocycles. The Bertz CT molecular complexity index is 960. The minimum absolute atomic E-state index is 0.123. The number of H-pyrrole nitrogens is 1. The lowest BCUT2D eigenvalue weighted by molar-refractivity contribution is 0.0853. The van der Waals surface area contributed by atoms with Crippen LogP contribution in [0.15, 0.2) is 48.5 Å². The number of phenols is 1. The minimum Gasteiger partial charge on any atom is -0.508 e. The third kappa shape index (κ3) is 2.30. The summed E-state index contributed by atoms with van der Waals surface area (Å²) in [5.41, 5.74) is 5.60. The van der Waals surface area contributed by atoms with Crippen LogP contribution in [-0.4, -0.2) is 34.6 Å². The number of aromatic nitrogens is 1. The largest absolute Gasteiger partial charge is 0.508 e. The summed E-state index contributed by atoms with van der Waals surface area (Å²) in [6.45, 7) is 5.66. The Balaban J connectivity index is 1.66. The summed E-state index contributed by atoms with van der Waals surface area (Å²) in [6.07, 6.45) is 3.32. The summed E-state index contributed by atoms with van der Waals surface area (Å²) >= 11 is 0. The molecule has 1 saturated heterocycles. The molecular formula is C23H26N2O. The van der Waals surface area contributed by atoms with Gasteiger partial charge in [0.2, 0.25) is 0 Å². The monoisotopic (exact) mass is 346 g/mol. The molecule has 0 spiro atoms. The summed E-state index contributed by atoms with van der Waals surface area (Å²) in [7, 11) is 0. The van der Waals surface area contributed by atoms with E-state index in [1.165, 1.54) is 27.7 Å². The maximum absolute atomic E-state index is 10.1. The molecule has 2 atom stereocenters. The molecular weight excluding hydrogens is 320 g/mol. The second-order valence-corrected chi connectivity index (χ2v) is 8.06. The van der Waals surface area contributed by atoms with Crippen LogP contribution >= 0.6 is 0 Å². The van der Waals surface area contributed by atoms with E-state index in [0.717, 1.165) is 38.9 Å². The lowest BCUT2D eigenvalue weighted by Crippen LogP contribution is -2.53. The summed E-state index contributed by atoms with van der Waals surface area (Å²) in [4.78, 5) is 6.30. The van der Waals surface area contributed by atoms with Crippen molar-refractivity contribution in [1.29, 1.82) is 0 Å². The summed E-state index contributed by atoms with van der Waals surface area (Å²) in [5.74, 6) is 0.973. The predicted molar refractivity (Wildman–Crippen MR) is 106 cm³/mol. The van der Waals surface area contributed by atoms with Crippen molar-refractivity contribution in [2.75, 3.05) is 19.6 Å². The van der Waals surface area contributed by atoms with Crippen molar-refractivity contribution in [2.45, 2.75) is 31.6 Å². The van der Waals surface area contributed by atoms with E-state index in [9.17, 15) is 5.11 Å². The molecule has 2 N–H and O–H groups in total. The third-order valence-electron chi connectivity index (χ3n) is 6.85. The Morgan fingerprint density at radius 3 is 2.92 bits per heavy atom. The van der Waals surface area contributed by atoms with E-state index < -0.39 is 0 Å². The number of hydrogen-bond donors (Lipinski definition) is 2. The fourth-order valence-corrected chi connectivity index (χ4v) is 5.42. The number of likely N-dealkylation sites (tertiary alicyclic amines) is 1. The Morgan fingerprint density at radius 2 is 2.08 bits per heavy atom. The van der Waals surface area contributed by atoms with E-state index in [1.807, 2.05) is 12.1 Å². The van der Waals surface area contributed by atoms with Crippen molar-refractivity contribution in [2.24, 2.45) is 5.92 Å². The second-order valence-electron chi connectivity index (χ2n) is 8.06. The van der Waals surface area contributed by atoms with E-state index in [2.05, 4.69) is 47.1 Å². The highest BCUT2D eigenvalue weighted by molar-refractivity contribution is 5.85. The number of hydrogen-bond acceptors (Lipinski definition) is 2. The predicted octanol–water partition coefficient (Wildman–Crippen LogP) is 4.25. The summed E-state index contributed by atoms with van der Waals surface area (Å²) in [6, 6.07) is 16.7. The Kier molecular flexibility index (Phi) is 3.61. The zero-order valence-corrected chi connectivity index (χ0v) is 15.3. The molecule has 0 unspecified atom stereocenters. The van der Waals surface area contributed by atoms with Crippen LogP contribution in [0.4, 0.5) is 0 Å². The molecule has 0 bridgehead atoms. The molecule has 0 saturated carbocycles. The van der Waals surface area contributed by atoms with Crippen LogP contribution in [0.2, 0.25) is 0 Å². The molecule has 3 aromatic rings. The highest BCUT2D eigenvalue weighted by Gasteiger charge is 2.47. The molecule has 1 fully saturated rings. The second kappa shape index (κ2) is 5.88. The van der Waals surface area contributed by atoms with Gasteiger partial charge in [-0.1, -0.05) is 37.3 Å². The van der Waals surface area contributed by atoms with Crippen LogP contribution in [-0.2, 0) is 18.3 Å². The zero-order chi connectivity index (χ0) is 17.7. The molecule has 134 valence electrons. The van der Waals surface area contributed by atoms with Crippen LogP contribution in [0, 0.1) is 5.92 Å². The van der Waals surface area contributed by atoms with Crippen molar-refractivity contribution < 1.29 is 5.11 Å². The number of aromatic hydroxyl groups is 1. The lowest BCUT2D eigenvalue weighted by atomic mass is 9.59. The first-order chi connectivity index (χ1) is 12.7. The van der Waals surface area contributed by atoms with Crippen LogP contribution in [0.5, 0.6) is 5.75 Å². The van der Waals surface area contributed by atoms with Gasteiger partial charge in [0.15, 0.2) is 0 Å². The maximum atomic E-state index is 10.1. The molecule has 2 aliphatic rings. The number of nitrogens with one attached hydrogen (secondary N) is 1. The molecule has 0 amide bonds. The van der Waals surface area contributed by atoms with Gasteiger partial charge >= 0.3 is 0 Å². The van der Waals surface area contributed by atoms with Crippen LogP contribution < -0.4 is 0 Å². The molecule has 2 aromatic carbocycles. The number of para-hydroxylation sites is 1. The highest BCUT2D eigenvalue weighted by Crippen LogP contribution is 2.49. The first-order valence-electron chi connectivity index (χ1n) is 9.80. The van der Waals surface area contributed by atoms with E-state index in [1.54, 1.807) is 6.07 Å². The highest BCUT2D eigenvalue weighted by atomic mass is 16.3. The van der Waals surface area contributed by atoms with Gasteiger partial charge in [0.1, 0.15) is 5.75 Å². The molecule has 3 heteroatoms. The van der Waals surface area contributed by atoms with E-state index in [-0.39, 0.29) is 5.41 Å². The number of benzene rings is 2. The van der Waals surface area contributed by atoms with E-state index in [0.29, 0.717) is 11.7 Å². The summed E-state index contributed by atoms with van der Waals surface area (Å²) < 4.78 is 0. The van der Waals surface area contributed by atoms with Crippen molar-refractivity contribution >= 4 is 10.9 Å². The van der Waals surface area contributed by atoms with Gasteiger partial charge in [0.05, 0.1) is 0 Å². The van der Waals surface area contributed by atoms with Crippen LogP contribution in [0.1, 0.15) is 30.2 Å². The summed E-state index contributed by atoms with van der Waals surface area (Å²) in [5, 5.41) is 11.5. The average molecular weight is 346 g/mol.